The van der Waals surface area contributed by atoms with Crippen molar-refractivity contribution in [2.75, 3.05) is 0 Å². The second kappa shape index (κ2) is 5.50. The minimum absolute atomic E-state index is 0.319. The summed E-state index contributed by atoms with van der Waals surface area (Å²) in [6.45, 7) is 1.57. The average molecular weight is 266 g/mol. The number of rotatable bonds is 3. The number of benzene rings is 2. The molecule has 0 radical (unpaired) electrons. The van der Waals surface area contributed by atoms with E-state index in [9.17, 15) is 13.9 Å². The lowest BCUT2D eigenvalue weighted by Gasteiger charge is -2.11. The average Bonchev–Trinajstić information content (AvgIpc) is 2.31. The highest BCUT2D eigenvalue weighted by molar-refractivity contribution is 7.99. The van der Waals surface area contributed by atoms with E-state index in [-0.39, 0.29) is 5.82 Å². The Balaban J connectivity index is 2.34. The molecule has 0 amide bonds. The van der Waals surface area contributed by atoms with E-state index in [1.54, 1.807) is 25.1 Å². The van der Waals surface area contributed by atoms with Crippen molar-refractivity contribution in [3.63, 3.8) is 0 Å². The number of hydrogen-bond donors (Lipinski definition) is 1. The Bertz CT molecular complexity index is 555. The number of halogens is 2. The second-order valence-electron chi connectivity index (χ2n) is 3.92. The van der Waals surface area contributed by atoms with E-state index in [2.05, 4.69) is 0 Å². The van der Waals surface area contributed by atoms with Crippen molar-refractivity contribution in [3.8, 4) is 0 Å². The fraction of sp³-hybridized carbons (Fsp3) is 0.143. The first-order valence-electron chi connectivity index (χ1n) is 5.47. The second-order valence-corrected chi connectivity index (χ2v) is 5.03. The molecular weight excluding hydrogens is 254 g/mol. The van der Waals surface area contributed by atoms with Crippen molar-refractivity contribution in [1.82, 2.24) is 0 Å². The van der Waals surface area contributed by atoms with Gasteiger partial charge in [-0.15, -0.1) is 0 Å². The Morgan fingerprint density at radius 2 is 1.78 bits per heavy atom. The fourth-order valence-electron chi connectivity index (χ4n) is 1.60. The van der Waals surface area contributed by atoms with Crippen LogP contribution in [0, 0.1) is 11.6 Å². The van der Waals surface area contributed by atoms with Crippen LogP contribution in [0.15, 0.2) is 52.3 Å². The van der Waals surface area contributed by atoms with Gasteiger partial charge in [-0.05, 0) is 48.9 Å². The van der Waals surface area contributed by atoms with Gasteiger partial charge in [0.15, 0.2) is 0 Å². The van der Waals surface area contributed by atoms with Gasteiger partial charge in [-0.3, -0.25) is 0 Å². The van der Waals surface area contributed by atoms with Crippen molar-refractivity contribution in [2.45, 2.75) is 22.8 Å². The summed E-state index contributed by atoms with van der Waals surface area (Å²) in [6.07, 6.45) is -0.767. The topological polar surface area (TPSA) is 20.2 Å². The van der Waals surface area contributed by atoms with Gasteiger partial charge in [-0.25, -0.2) is 8.78 Å². The van der Waals surface area contributed by atoms with E-state index in [1.807, 2.05) is 0 Å². The standard InChI is InChI=1S/C14H12F2OS/c1-9(17)13-8-11(16)5-6-14(13)18-12-4-2-3-10(15)7-12/h2-9,17H,1H3/t9-/m1/s1. The van der Waals surface area contributed by atoms with Gasteiger partial charge in [-0.1, -0.05) is 17.8 Å². The van der Waals surface area contributed by atoms with Gasteiger partial charge in [0.2, 0.25) is 0 Å². The molecule has 0 saturated carbocycles. The van der Waals surface area contributed by atoms with Crippen LogP contribution in [0.25, 0.3) is 0 Å². The molecule has 0 spiro atoms. The van der Waals surface area contributed by atoms with Gasteiger partial charge in [0.05, 0.1) is 6.10 Å². The Hall–Kier alpha value is -1.39. The fourth-order valence-corrected chi connectivity index (χ4v) is 2.65. The summed E-state index contributed by atoms with van der Waals surface area (Å²) in [4.78, 5) is 1.43. The zero-order valence-electron chi connectivity index (χ0n) is 9.73. The SMILES string of the molecule is C[C@@H](O)c1cc(F)ccc1Sc1cccc(F)c1. The van der Waals surface area contributed by atoms with Crippen LogP contribution in [0.4, 0.5) is 8.78 Å². The molecule has 0 aromatic heterocycles. The third-order valence-corrected chi connectivity index (χ3v) is 3.53. The summed E-state index contributed by atoms with van der Waals surface area (Å²) < 4.78 is 26.2. The molecule has 4 heteroatoms. The largest absolute Gasteiger partial charge is 0.389 e. The van der Waals surface area contributed by atoms with E-state index in [4.69, 9.17) is 0 Å². The van der Waals surface area contributed by atoms with Crippen LogP contribution in [-0.4, -0.2) is 5.11 Å². The predicted molar refractivity (Wildman–Crippen MR) is 67.6 cm³/mol. The highest BCUT2D eigenvalue weighted by atomic mass is 32.2. The summed E-state index contributed by atoms with van der Waals surface area (Å²) in [7, 11) is 0. The first kappa shape index (κ1) is 13.1. The summed E-state index contributed by atoms with van der Waals surface area (Å²) in [6, 6.07) is 10.4. The molecule has 0 heterocycles. The molecule has 0 aliphatic carbocycles. The molecule has 94 valence electrons. The van der Waals surface area contributed by atoms with E-state index in [0.717, 1.165) is 4.90 Å². The van der Waals surface area contributed by atoms with Gasteiger partial charge in [0, 0.05) is 9.79 Å². The maximum absolute atomic E-state index is 13.1. The van der Waals surface area contributed by atoms with Gasteiger partial charge in [0.25, 0.3) is 0 Å². The van der Waals surface area contributed by atoms with Crippen LogP contribution in [-0.2, 0) is 0 Å². The Morgan fingerprint density at radius 1 is 1.06 bits per heavy atom. The molecule has 0 fully saturated rings. The summed E-state index contributed by atoms with van der Waals surface area (Å²) >= 11 is 1.30. The number of aliphatic hydroxyl groups is 1. The molecule has 18 heavy (non-hydrogen) atoms. The molecule has 0 bridgehead atoms. The lowest BCUT2D eigenvalue weighted by molar-refractivity contribution is 0.196. The van der Waals surface area contributed by atoms with Gasteiger partial charge in [0.1, 0.15) is 11.6 Å². The summed E-state index contributed by atoms with van der Waals surface area (Å²) in [5.41, 5.74) is 0.504. The highest BCUT2D eigenvalue weighted by Gasteiger charge is 2.10. The molecule has 1 atom stereocenters. The molecule has 1 N–H and O–H groups in total. The smallest absolute Gasteiger partial charge is 0.124 e. The maximum atomic E-state index is 13.1. The summed E-state index contributed by atoms with van der Waals surface area (Å²) in [5, 5.41) is 9.61. The molecule has 2 rings (SSSR count). The van der Waals surface area contributed by atoms with Crippen LogP contribution in [0.5, 0.6) is 0 Å². The molecule has 0 aliphatic heterocycles. The summed E-state index contributed by atoms with van der Waals surface area (Å²) in [5.74, 6) is -0.713. The quantitative estimate of drug-likeness (QED) is 0.899. The minimum Gasteiger partial charge on any atom is -0.389 e. The first-order chi connectivity index (χ1) is 8.56. The molecule has 2 aromatic carbocycles. The van der Waals surface area contributed by atoms with Crippen LogP contribution in [0.1, 0.15) is 18.6 Å². The number of hydrogen-bond acceptors (Lipinski definition) is 2. The monoisotopic (exact) mass is 266 g/mol. The van der Waals surface area contributed by atoms with Crippen molar-refractivity contribution in [1.29, 1.82) is 0 Å². The van der Waals surface area contributed by atoms with Crippen LogP contribution < -0.4 is 0 Å². The van der Waals surface area contributed by atoms with Crippen molar-refractivity contribution < 1.29 is 13.9 Å². The molecular formula is C14H12F2OS. The first-order valence-corrected chi connectivity index (χ1v) is 6.29. The van der Waals surface area contributed by atoms with Crippen molar-refractivity contribution in [2.24, 2.45) is 0 Å². The highest BCUT2D eigenvalue weighted by Crippen LogP contribution is 2.33. The molecule has 2 aromatic rings. The Labute approximate surface area is 108 Å². The number of aliphatic hydroxyl groups excluding tert-OH is 1. The third-order valence-electron chi connectivity index (χ3n) is 2.45. The predicted octanol–water partition coefficient (Wildman–Crippen LogP) is 4.17. The van der Waals surface area contributed by atoms with Crippen molar-refractivity contribution >= 4 is 11.8 Å². The molecule has 1 nitrogen and oxygen atoms in total. The minimum atomic E-state index is -0.767. The zero-order chi connectivity index (χ0) is 13.1. The van der Waals surface area contributed by atoms with Gasteiger partial charge < -0.3 is 5.11 Å². The lowest BCUT2D eigenvalue weighted by atomic mass is 10.1. The molecule has 0 aliphatic rings. The van der Waals surface area contributed by atoms with E-state index in [1.165, 1.54) is 36.0 Å². The molecule has 0 saturated heterocycles. The maximum Gasteiger partial charge on any atom is 0.124 e. The molecule has 0 unspecified atom stereocenters. The van der Waals surface area contributed by atoms with E-state index >= 15 is 0 Å². The van der Waals surface area contributed by atoms with Gasteiger partial charge in [-0.2, -0.15) is 0 Å². The van der Waals surface area contributed by atoms with Crippen LogP contribution in [0.3, 0.4) is 0 Å². The van der Waals surface area contributed by atoms with Crippen LogP contribution >= 0.6 is 11.8 Å². The van der Waals surface area contributed by atoms with Crippen LogP contribution in [0.2, 0.25) is 0 Å². The van der Waals surface area contributed by atoms with E-state index in [0.29, 0.717) is 10.5 Å². The van der Waals surface area contributed by atoms with E-state index < -0.39 is 11.9 Å². The Kier molecular flexibility index (Phi) is 3.99. The van der Waals surface area contributed by atoms with Gasteiger partial charge >= 0.3 is 0 Å². The normalized spacial score (nSPS) is 12.4. The lowest BCUT2D eigenvalue weighted by Crippen LogP contribution is -1.95. The van der Waals surface area contributed by atoms with Crippen molar-refractivity contribution in [3.05, 3.63) is 59.7 Å². The Morgan fingerprint density at radius 3 is 2.44 bits per heavy atom. The third kappa shape index (κ3) is 3.09. The zero-order valence-corrected chi connectivity index (χ0v) is 10.5.